The van der Waals surface area contributed by atoms with E-state index >= 15 is 0 Å². The van der Waals surface area contributed by atoms with Crippen LogP contribution >= 0.6 is 0 Å². The van der Waals surface area contributed by atoms with Gasteiger partial charge in [-0.1, -0.05) is 12.1 Å². The van der Waals surface area contributed by atoms with Gasteiger partial charge in [-0.3, -0.25) is 9.59 Å². The zero-order valence-electron chi connectivity index (χ0n) is 17.2. The fourth-order valence-corrected chi connectivity index (χ4v) is 5.09. The Kier molecular flexibility index (Phi) is 4.26. The zero-order chi connectivity index (χ0) is 20.2. The minimum absolute atomic E-state index is 0.0965. The van der Waals surface area contributed by atoms with Crippen molar-refractivity contribution in [3.8, 4) is 0 Å². The van der Waals surface area contributed by atoms with Gasteiger partial charge in [0.05, 0.1) is 17.6 Å². The molecule has 6 heteroatoms. The average molecular weight is 393 g/mol. The maximum Gasteiger partial charge on any atom is 0.254 e. The highest BCUT2D eigenvalue weighted by Gasteiger charge is 2.51. The molecule has 0 bridgehead atoms. The summed E-state index contributed by atoms with van der Waals surface area (Å²) < 4.78 is 0. The largest absolute Gasteiger partial charge is 0.348 e. The van der Waals surface area contributed by atoms with Gasteiger partial charge in [0.2, 0.25) is 5.91 Å². The van der Waals surface area contributed by atoms with Crippen molar-refractivity contribution in [2.45, 2.75) is 51.5 Å². The first kappa shape index (κ1) is 18.4. The molecule has 1 aromatic carbocycles. The normalized spacial score (nSPS) is 20.6. The molecule has 1 aromatic heterocycles. The van der Waals surface area contributed by atoms with E-state index in [-0.39, 0.29) is 23.3 Å². The lowest BCUT2D eigenvalue weighted by Gasteiger charge is -2.50. The lowest BCUT2D eigenvalue weighted by atomic mass is 9.78. The van der Waals surface area contributed by atoms with Gasteiger partial charge in [0.25, 0.3) is 5.91 Å². The Bertz CT molecular complexity index is 967. The first-order valence-corrected chi connectivity index (χ1v) is 10.7. The summed E-state index contributed by atoms with van der Waals surface area (Å²) in [6, 6.07) is 5.92. The number of carbonyl (C=O) groups is 2. The fraction of sp³-hybridized carbons (Fsp3) is 0.522. The second kappa shape index (κ2) is 6.71. The number of nitrogens with zero attached hydrogens (tertiary/aromatic N) is 3. The first-order chi connectivity index (χ1) is 14.0. The number of hydrogen-bond donors (Lipinski definition) is 1. The van der Waals surface area contributed by atoms with Gasteiger partial charge >= 0.3 is 0 Å². The van der Waals surface area contributed by atoms with Gasteiger partial charge in [0.15, 0.2) is 0 Å². The van der Waals surface area contributed by atoms with Gasteiger partial charge in [0.1, 0.15) is 0 Å². The molecule has 152 valence electrons. The number of aromatic nitrogens is 2. The number of aromatic amines is 1. The molecule has 2 fully saturated rings. The SMILES string of the molecule is Cc1cccc(C(=O)N2CCC3(CC2)c2nc[nH]c2CCN3C(=O)C2CC2)c1C. The van der Waals surface area contributed by atoms with Crippen LogP contribution in [-0.4, -0.2) is 51.2 Å². The molecule has 3 heterocycles. The molecule has 3 aliphatic rings. The van der Waals surface area contributed by atoms with Gasteiger partial charge in [-0.25, -0.2) is 4.98 Å². The Labute approximate surface area is 171 Å². The van der Waals surface area contributed by atoms with E-state index < -0.39 is 0 Å². The maximum atomic E-state index is 13.2. The van der Waals surface area contributed by atoms with Gasteiger partial charge in [-0.2, -0.15) is 0 Å². The first-order valence-electron chi connectivity index (χ1n) is 10.7. The fourth-order valence-electron chi connectivity index (χ4n) is 5.09. The molecule has 0 unspecified atom stereocenters. The lowest BCUT2D eigenvalue weighted by molar-refractivity contribution is -0.143. The number of H-pyrrole nitrogens is 1. The highest BCUT2D eigenvalue weighted by molar-refractivity contribution is 5.96. The molecular formula is C23H28N4O2. The molecule has 1 N–H and O–H groups in total. The maximum absolute atomic E-state index is 13.2. The van der Waals surface area contributed by atoms with E-state index in [1.807, 2.05) is 36.9 Å². The van der Waals surface area contributed by atoms with E-state index in [9.17, 15) is 9.59 Å². The second-order valence-corrected chi connectivity index (χ2v) is 8.82. The van der Waals surface area contributed by atoms with Crippen molar-refractivity contribution < 1.29 is 9.59 Å². The number of amides is 2. The molecule has 1 aliphatic carbocycles. The summed E-state index contributed by atoms with van der Waals surface area (Å²) in [4.78, 5) is 38.3. The topological polar surface area (TPSA) is 69.3 Å². The summed E-state index contributed by atoms with van der Waals surface area (Å²) >= 11 is 0. The van der Waals surface area contributed by atoms with Crippen molar-refractivity contribution in [3.05, 3.63) is 52.6 Å². The molecule has 2 amide bonds. The third-order valence-corrected chi connectivity index (χ3v) is 7.17. The van der Waals surface area contributed by atoms with E-state index in [1.54, 1.807) is 6.33 Å². The number of carbonyl (C=O) groups excluding carboxylic acids is 2. The summed E-state index contributed by atoms with van der Waals surface area (Å²) in [6.07, 6.45) is 6.11. The van der Waals surface area contributed by atoms with Gasteiger partial charge in [-0.05, 0) is 56.7 Å². The number of benzene rings is 1. The van der Waals surface area contributed by atoms with Crippen LogP contribution in [0.5, 0.6) is 0 Å². The van der Waals surface area contributed by atoms with Crippen LogP contribution in [0.2, 0.25) is 0 Å². The van der Waals surface area contributed by atoms with E-state index in [0.29, 0.717) is 13.1 Å². The number of nitrogens with one attached hydrogen (secondary N) is 1. The predicted octanol–water partition coefficient (Wildman–Crippen LogP) is 2.95. The van der Waals surface area contributed by atoms with E-state index in [0.717, 1.165) is 66.7 Å². The quantitative estimate of drug-likeness (QED) is 0.854. The Balaban J connectivity index is 1.42. The van der Waals surface area contributed by atoms with Crippen LogP contribution in [-0.2, 0) is 16.8 Å². The number of aryl methyl sites for hydroxylation is 1. The average Bonchev–Trinajstić information content (AvgIpc) is 3.47. The van der Waals surface area contributed by atoms with Gasteiger partial charge in [-0.15, -0.1) is 0 Å². The molecular weight excluding hydrogens is 364 g/mol. The Morgan fingerprint density at radius 2 is 1.90 bits per heavy atom. The molecule has 1 spiro atoms. The van der Waals surface area contributed by atoms with E-state index in [1.165, 1.54) is 0 Å². The van der Waals surface area contributed by atoms with Gasteiger partial charge in [0, 0.05) is 43.2 Å². The van der Waals surface area contributed by atoms with Crippen molar-refractivity contribution >= 4 is 11.8 Å². The van der Waals surface area contributed by atoms with Crippen molar-refractivity contribution in [3.63, 3.8) is 0 Å². The Morgan fingerprint density at radius 1 is 1.14 bits per heavy atom. The van der Waals surface area contributed by atoms with Crippen LogP contribution in [0.1, 0.15) is 58.6 Å². The summed E-state index contributed by atoms with van der Waals surface area (Å²) in [7, 11) is 0. The summed E-state index contributed by atoms with van der Waals surface area (Å²) in [5.74, 6) is 0.578. The summed E-state index contributed by atoms with van der Waals surface area (Å²) in [5, 5.41) is 0. The van der Waals surface area contributed by atoms with Gasteiger partial charge < -0.3 is 14.8 Å². The predicted molar refractivity (Wildman–Crippen MR) is 109 cm³/mol. The molecule has 5 rings (SSSR count). The van der Waals surface area contributed by atoms with Crippen LogP contribution < -0.4 is 0 Å². The number of hydrogen-bond acceptors (Lipinski definition) is 3. The molecule has 1 saturated carbocycles. The van der Waals surface area contributed by atoms with Crippen molar-refractivity contribution in [1.29, 1.82) is 0 Å². The van der Waals surface area contributed by atoms with Crippen molar-refractivity contribution in [1.82, 2.24) is 19.8 Å². The Hall–Kier alpha value is -2.63. The standard InChI is InChI=1S/C23H28N4O2/c1-15-4-3-5-18(16(15)2)22(29)26-12-9-23(10-13-26)20-19(24-14-25-20)8-11-27(23)21(28)17-6-7-17/h3-5,14,17H,6-13H2,1-2H3,(H,24,25). The minimum Gasteiger partial charge on any atom is -0.348 e. The molecule has 2 aromatic rings. The molecule has 0 radical (unpaired) electrons. The van der Waals surface area contributed by atoms with Crippen LogP contribution in [0.3, 0.4) is 0 Å². The van der Waals surface area contributed by atoms with Crippen LogP contribution in [0, 0.1) is 19.8 Å². The molecule has 6 nitrogen and oxygen atoms in total. The summed E-state index contributed by atoms with van der Waals surface area (Å²) in [5.41, 5.74) is 4.78. The molecule has 29 heavy (non-hydrogen) atoms. The van der Waals surface area contributed by atoms with Crippen molar-refractivity contribution in [2.75, 3.05) is 19.6 Å². The second-order valence-electron chi connectivity index (χ2n) is 8.82. The highest BCUT2D eigenvalue weighted by Crippen LogP contribution is 2.45. The number of piperidine rings is 1. The Morgan fingerprint density at radius 3 is 2.62 bits per heavy atom. The summed E-state index contributed by atoms with van der Waals surface area (Å²) in [6.45, 7) is 6.09. The van der Waals surface area contributed by atoms with Crippen molar-refractivity contribution in [2.24, 2.45) is 5.92 Å². The number of likely N-dealkylation sites (tertiary alicyclic amines) is 1. The zero-order valence-corrected chi connectivity index (χ0v) is 17.2. The third-order valence-electron chi connectivity index (χ3n) is 7.17. The number of imidazole rings is 1. The van der Waals surface area contributed by atoms with Crippen LogP contribution in [0.25, 0.3) is 0 Å². The molecule has 0 atom stereocenters. The number of rotatable bonds is 2. The lowest BCUT2D eigenvalue weighted by Crippen LogP contribution is -2.59. The molecule has 1 saturated heterocycles. The minimum atomic E-state index is -0.369. The number of fused-ring (bicyclic) bond motifs is 2. The third kappa shape index (κ3) is 2.88. The van der Waals surface area contributed by atoms with E-state index in [2.05, 4.69) is 14.9 Å². The van der Waals surface area contributed by atoms with Crippen LogP contribution in [0.4, 0.5) is 0 Å². The van der Waals surface area contributed by atoms with E-state index in [4.69, 9.17) is 0 Å². The van der Waals surface area contributed by atoms with Crippen LogP contribution in [0.15, 0.2) is 24.5 Å². The monoisotopic (exact) mass is 392 g/mol. The highest BCUT2D eigenvalue weighted by atomic mass is 16.2. The smallest absolute Gasteiger partial charge is 0.254 e. The molecule has 2 aliphatic heterocycles.